The van der Waals surface area contributed by atoms with Gasteiger partial charge in [0, 0.05) is 0 Å². The lowest BCUT2D eigenvalue weighted by atomic mass is 10.2. The molecule has 0 aliphatic carbocycles. The molecule has 0 saturated heterocycles. The molecule has 0 aliphatic rings. The van der Waals surface area contributed by atoms with Gasteiger partial charge in [0.05, 0.1) is 0 Å². The molecule has 0 spiro atoms. The molecule has 0 aliphatic heterocycles. The van der Waals surface area contributed by atoms with E-state index in [1.54, 1.807) is 0 Å². The van der Waals surface area contributed by atoms with E-state index in [9.17, 15) is 0 Å². The van der Waals surface area contributed by atoms with Crippen molar-refractivity contribution in [2.75, 3.05) is 0 Å². The van der Waals surface area contributed by atoms with Crippen LogP contribution >= 0.6 is 27.5 Å². The van der Waals surface area contributed by atoms with Crippen LogP contribution in [0.4, 0.5) is 0 Å². The molecule has 10 heavy (non-hydrogen) atoms. The van der Waals surface area contributed by atoms with Gasteiger partial charge in [-0.25, -0.2) is 0 Å². The summed E-state index contributed by atoms with van der Waals surface area (Å²) in [5.74, 6) is 0. The van der Waals surface area contributed by atoms with Crippen LogP contribution in [-0.4, -0.2) is 0 Å². The summed E-state index contributed by atoms with van der Waals surface area (Å²) < 4.78 is -0.422. The number of hydrogen-bond donors (Lipinski definition) is 0. The van der Waals surface area contributed by atoms with Gasteiger partial charge in [-0.05, 0) is 12.5 Å². The predicted octanol–water partition coefficient (Wildman–Crippen LogP) is 3.49. The van der Waals surface area contributed by atoms with Crippen LogP contribution < -0.4 is 0 Å². The summed E-state index contributed by atoms with van der Waals surface area (Å²) in [6.07, 6.45) is 0. The average molecular weight is 220 g/mol. The van der Waals surface area contributed by atoms with E-state index in [0.29, 0.717) is 0 Å². The van der Waals surface area contributed by atoms with E-state index in [4.69, 9.17) is 11.6 Å². The highest BCUT2D eigenvalue weighted by molar-refractivity contribution is 9.10. The van der Waals surface area contributed by atoms with Crippen LogP contribution in [0.2, 0.25) is 0 Å². The second-order valence-electron chi connectivity index (χ2n) is 2.25. The Hall–Kier alpha value is -0.0100. The zero-order chi connectivity index (χ0) is 7.61. The number of alkyl halides is 2. The van der Waals surface area contributed by atoms with Crippen molar-refractivity contribution in [1.82, 2.24) is 0 Å². The molecule has 0 N–H and O–H groups in total. The summed E-state index contributed by atoms with van der Waals surface area (Å²) in [5, 5.41) is 0. The first-order valence-corrected chi connectivity index (χ1v) is 4.21. The van der Waals surface area contributed by atoms with E-state index in [-0.39, 0.29) is 0 Å². The van der Waals surface area contributed by atoms with Crippen molar-refractivity contribution >= 4 is 27.5 Å². The number of halogens is 2. The molecule has 0 saturated carbocycles. The third-order valence-electron chi connectivity index (χ3n) is 1.28. The van der Waals surface area contributed by atoms with E-state index < -0.39 is 3.78 Å². The van der Waals surface area contributed by atoms with Crippen molar-refractivity contribution in [3.63, 3.8) is 0 Å². The fraction of sp³-hybridized carbons (Fsp3) is 0.250. The lowest BCUT2D eigenvalue weighted by Gasteiger charge is -2.12. The predicted molar refractivity (Wildman–Crippen MR) is 48.6 cm³/mol. The summed E-state index contributed by atoms with van der Waals surface area (Å²) in [7, 11) is 0. The molecule has 0 nitrogen and oxygen atoms in total. The van der Waals surface area contributed by atoms with E-state index in [1.807, 2.05) is 37.3 Å². The summed E-state index contributed by atoms with van der Waals surface area (Å²) >= 11 is 9.33. The zero-order valence-electron chi connectivity index (χ0n) is 5.64. The van der Waals surface area contributed by atoms with Gasteiger partial charge in [-0.3, -0.25) is 0 Å². The summed E-state index contributed by atoms with van der Waals surface area (Å²) in [6, 6.07) is 9.89. The molecule has 1 aromatic rings. The molecule has 1 aromatic carbocycles. The van der Waals surface area contributed by atoms with Gasteiger partial charge in [0.15, 0.2) is 0 Å². The van der Waals surface area contributed by atoms with Gasteiger partial charge in [0.2, 0.25) is 0 Å². The van der Waals surface area contributed by atoms with Crippen molar-refractivity contribution in [2.24, 2.45) is 0 Å². The van der Waals surface area contributed by atoms with Crippen molar-refractivity contribution in [2.45, 2.75) is 10.7 Å². The Kier molecular flexibility index (Phi) is 2.37. The van der Waals surface area contributed by atoms with Gasteiger partial charge in [0.1, 0.15) is 3.78 Å². The van der Waals surface area contributed by atoms with Crippen LogP contribution in [0.3, 0.4) is 0 Å². The molecule has 0 heterocycles. The maximum Gasteiger partial charge on any atom is 0.121 e. The van der Waals surface area contributed by atoms with E-state index in [2.05, 4.69) is 15.9 Å². The van der Waals surface area contributed by atoms with Gasteiger partial charge in [-0.2, -0.15) is 0 Å². The second-order valence-corrected chi connectivity index (χ2v) is 5.05. The first-order valence-electron chi connectivity index (χ1n) is 3.04. The highest BCUT2D eigenvalue weighted by Crippen LogP contribution is 2.34. The topological polar surface area (TPSA) is 0 Å². The molecule has 0 fully saturated rings. The molecule has 2 heteroatoms. The Balaban J connectivity index is 2.97. The minimum atomic E-state index is -0.422. The van der Waals surface area contributed by atoms with Gasteiger partial charge in [0.25, 0.3) is 0 Å². The van der Waals surface area contributed by atoms with Crippen molar-refractivity contribution in [3.05, 3.63) is 35.9 Å². The minimum absolute atomic E-state index is 0.422. The molecule has 0 bridgehead atoms. The number of hydrogen-bond acceptors (Lipinski definition) is 0. The summed E-state index contributed by atoms with van der Waals surface area (Å²) in [5.41, 5.74) is 1.08. The van der Waals surface area contributed by atoms with Crippen LogP contribution in [0.1, 0.15) is 12.5 Å². The fourth-order valence-electron chi connectivity index (χ4n) is 0.731. The Morgan fingerprint density at radius 2 is 1.80 bits per heavy atom. The SMILES string of the molecule is CC(Cl)(Br)c1ccccc1. The van der Waals surface area contributed by atoms with Crippen LogP contribution in [-0.2, 0) is 3.78 Å². The van der Waals surface area contributed by atoms with E-state index >= 15 is 0 Å². The Morgan fingerprint density at radius 3 is 2.10 bits per heavy atom. The van der Waals surface area contributed by atoms with Crippen molar-refractivity contribution in [3.8, 4) is 0 Å². The number of rotatable bonds is 1. The molecule has 1 rings (SSSR count). The van der Waals surface area contributed by atoms with Gasteiger partial charge in [-0.1, -0.05) is 46.3 Å². The molecule has 0 radical (unpaired) electrons. The van der Waals surface area contributed by atoms with Crippen LogP contribution in [0.15, 0.2) is 30.3 Å². The first kappa shape index (κ1) is 8.09. The smallest absolute Gasteiger partial charge is 0.102 e. The lowest BCUT2D eigenvalue weighted by molar-refractivity contribution is 1.02. The Labute approximate surface area is 74.3 Å². The van der Waals surface area contributed by atoms with Crippen LogP contribution in [0.25, 0.3) is 0 Å². The highest BCUT2D eigenvalue weighted by atomic mass is 79.9. The minimum Gasteiger partial charge on any atom is -0.102 e. The summed E-state index contributed by atoms with van der Waals surface area (Å²) in [6.45, 7) is 1.91. The van der Waals surface area contributed by atoms with E-state index in [1.165, 1.54) is 0 Å². The maximum atomic E-state index is 5.98. The van der Waals surface area contributed by atoms with Gasteiger partial charge < -0.3 is 0 Å². The zero-order valence-corrected chi connectivity index (χ0v) is 7.98. The number of benzene rings is 1. The Morgan fingerprint density at radius 1 is 1.30 bits per heavy atom. The maximum absolute atomic E-state index is 5.98. The molecule has 54 valence electrons. The third-order valence-corrected chi connectivity index (χ3v) is 1.96. The first-order chi connectivity index (χ1) is 4.61. The normalized spacial score (nSPS) is 16.3. The molecule has 1 unspecified atom stereocenters. The van der Waals surface area contributed by atoms with E-state index in [0.717, 1.165) is 5.56 Å². The van der Waals surface area contributed by atoms with Gasteiger partial charge in [-0.15, -0.1) is 11.6 Å². The molecule has 0 amide bonds. The lowest BCUT2D eigenvalue weighted by Crippen LogP contribution is -2.01. The molecule has 1 atom stereocenters. The fourth-order valence-corrected chi connectivity index (χ4v) is 1.12. The molecular formula is C8H8BrCl. The van der Waals surface area contributed by atoms with Gasteiger partial charge >= 0.3 is 0 Å². The molecular weight excluding hydrogens is 211 g/mol. The molecule has 0 aromatic heterocycles. The Bertz CT molecular complexity index is 200. The third kappa shape index (κ3) is 1.99. The quantitative estimate of drug-likeness (QED) is 0.634. The average Bonchev–Trinajstić information content (AvgIpc) is 1.88. The monoisotopic (exact) mass is 218 g/mol. The van der Waals surface area contributed by atoms with Crippen molar-refractivity contribution < 1.29 is 0 Å². The van der Waals surface area contributed by atoms with Crippen LogP contribution in [0.5, 0.6) is 0 Å². The standard InChI is InChI=1S/C8H8BrCl/c1-8(9,10)7-5-3-2-4-6-7/h2-6H,1H3. The second kappa shape index (κ2) is 2.93. The highest BCUT2D eigenvalue weighted by Gasteiger charge is 2.17. The van der Waals surface area contributed by atoms with Crippen molar-refractivity contribution in [1.29, 1.82) is 0 Å². The van der Waals surface area contributed by atoms with Crippen LogP contribution in [0, 0.1) is 0 Å². The summed E-state index contributed by atoms with van der Waals surface area (Å²) in [4.78, 5) is 0. The largest absolute Gasteiger partial charge is 0.121 e.